The second-order valence-corrected chi connectivity index (χ2v) is 7.71. The summed E-state index contributed by atoms with van der Waals surface area (Å²) in [4.78, 5) is 4.59. The van der Waals surface area contributed by atoms with E-state index in [2.05, 4.69) is 107 Å². The SMILES string of the molecule is CC(C)Cn1ccnc1-c1ccc(-n2c3ccccc3c3ccccc32)cc1. The monoisotopic (exact) mass is 365 g/mol. The third kappa shape index (κ3) is 2.71. The summed E-state index contributed by atoms with van der Waals surface area (Å²) in [5, 5.41) is 2.57. The Hall–Kier alpha value is -3.33. The molecule has 2 aromatic heterocycles. The van der Waals surface area contributed by atoms with Crippen molar-refractivity contribution >= 4 is 21.8 Å². The van der Waals surface area contributed by atoms with E-state index < -0.39 is 0 Å². The Morgan fingerprint density at radius 3 is 2.00 bits per heavy atom. The zero-order chi connectivity index (χ0) is 19.1. The molecule has 3 heteroatoms. The fraction of sp³-hybridized carbons (Fsp3) is 0.160. The molecule has 0 unspecified atom stereocenters. The van der Waals surface area contributed by atoms with E-state index in [0.717, 1.165) is 17.9 Å². The van der Waals surface area contributed by atoms with Gasteiger partial charge in [-0.15, -0.1) is 0 Å². The van der Waals surface area contributed by atoms with Gasteiger partial charge in [0, 0.05) is 41.0 Å². The number of nitrogens with zero attached hydrogens (tertiary/aromatic N) is 3. The number of aromatic nitrogens is 3. The van der Waals surface area contributed by atoms with Gasteiger partial charge in [0.25, 0.3) is 0 Å². The molecule has 2 heterocycles. The van der Waals surface area contributed by atoms with Gasteiger partial charge < -0.3 is 9.13 Å². The maximum atomic E-state index is 4.59. The number of benzene rings is 3. The van der Waals surface area contributed by atoms with Gasteiger partial charge in [0.15, 0.2) is 0 Å². The van der Waals surface area contributed by atoms with Crippen LogP contribution in [0.15, 0.2) is 85.2 Å². The summed E-state index contributed by atoms with van der Waals surface area (Å²) in [6.07, 6.45) is 3.95. The van der Waals surface area contributed by atoms with Crippen molar-refractivity contribution in [1.29, 1.82) is 0 Å². The first kappa shape index (κ1) is 16.8. The molecular formula is C25H23N3. The molecular weight excluding hydrogens is 342 g/mol. The molecule has 28 heavy (non-hydrogen) atoms. The number of hydrogen-bond acceptors (Lipinski definition) is 1. The van der Waals surface area contributed by atoms with E-state index >= 15 is 0 Å². The van der Waals surface area contributed by atoms with E-state index in [1.54, 1.807) is 0 Å². The Kier molecular flexibility index (Phi) is 4.01. The Morgan fingerprint density at radius 2 is 1.39 bits per heavy atom. The topological polar surface area (TPSA) is 22.8 Å². The molecule has 3 aromatic carbocycles. The molecule has 0 aliphatic carbocycles. The van der Waals surface area contributed by atoms with Crippen LogP contribution in [0, 0.1) is 5.92 Å². The van der Waals surface area contributed by atoms with Gasteiger partial charge in [-0.3, -0.25) is 0 Å². The summed E-state index contributed by atoms with van der Waals surface area (Å²) >= 11 is 0. The van der Waals surface area contributed by atoms with Crippen LogP contribution in [0.3, 0.4) is 0 Å². The summed E-state index contributed by atoms with van der Waals surface area (Å²) in [6, 6.07) is 26.0. The van der Waals surface area contributed by atoms with Crippen LogP contribution < -0.4 is 0 Å². The number of imidazole rings is 1. The quantitative estimate of drug-likeness (QED) is 0.366. The predicted octanol–water partition coefficient (Wildman–Crippen LogP) is 6.30. The first-order valence-corrected chi connectivity index (χ1v) is 9.82. The molecule has 0 N–H and O–H groups in total. The van der Waals surface area contributed by atoms with Crippen LogP contribution in [0.4, 0.5) is 0 Å². The van der Waals surface area contributed by atoms with Gasteiger partial charge in [0.05, 0.1) is 11.0 Å². The molecule has 0 aliphatic rings. The number of hydrogen-bond donors (Lipinski definition) is 0. The lowest BCUT2D eigenvalue weighted by Gasteiger charge is -2.12. The first-order chi connectivity index (χ1) is 13.7. The van der Waals surface area contributed by atoms with E-state index in [1.807, 2.05) is 6.20 Å². The van der Waals surface area contributed by atoms with Crippen molar-refractivity contribution in [2.75, 3.05) is 0 Å². The van der Waals surface area contributed by atoms with Crippen molar-refractivity contribution in [1.82, 2.24) is 14.1 Å². The summed E-state index contributed by atoms with van der Waals surface area (Å²) in [5.41, 5.74) is 4.79. The van der Waals surface area contributed by atoms with Crippen LogP contribution in [0.25, 0.3) is 38.9 Å². The van der Waals surface area contributed by atoms with E-state index in [0.29, 0.717) is 5.92 Å². The van der Waals surface area contributed by atoms with Crippen molar-refractivity contribution in [3.05, 3.63) is 85.2 Å². The molecule has 5 aromatic rings. The third-order valence-corrected chi connectivity index (χ3v) is 5.24. The van der Waals surface area contributed by atoms with Crippen LogP contribution in [0.2, 0.25) is 0 Å². The van der Waals surface area contributed by atoms with E-state index in [-0.39, 0.29) is 0 Å². The van der Waals surface area contributed by atoms with Gasteiger partial charge in [0.2, 0.25) is 0 Å². The standard InChI is InChI=1S/C25H23N3/c1-18(2)17-27-16-15-26-25(27)19-11-13-20(14-12-19)28-23-9-5-3-7-21(23)22-8-4-6-10-24(22)28/h3-16,18H,17H2,1-2H3. The van der Waals surface area contributed by atoms with Gasteiger partial charge in [-0.2, -0.15) is 0 Å². The van der Waals surface area contributed by atoms with Gasteiger partial charge in [-0.25, -0.2) is 4.98 Å². The lowest BCUT2D eigenvalue weighted by molar-refractivity contribution is 0.527. The van der Waals surface area contributed by atoms with Crippen LogP contribution in [-0.2, 0) is 6.54 Å². The van der Waals surface area contributed by atoms with Crippen molar-refractivity contribution in [2.24, 2.45) is 5.92 Å². The highest BCUT2D eigenvalue weighted by atomic mass is 15.1. The van der Waals surface area contributed by atoms with E-state index in [1.165, 1.54) is 27.5 Å². The van der Waals surface area contributed by atoms with Gasteiger partial charge in [0.1, 0.15) is 5.82 Å². The number of para-hydroxylation sites is 2. The molecule has 0 atom stereocenters. The minimum absolute atomic E-state index is 0.588. The van der Waals surface area contributed by atoms with Crippen molar-refractivity contribution in [2.45, 2.75) is 20.4 Å². The second kappa shape index (κ2) is 6.68. The van der Waals surface area contributed by atoms with E-state index in [9.17, 15) is 0 Å². The molecule has 0 fully saturated rings. The highest BCUT2D eigenvalue weighted by Crippen LogP contribution is 2.32. The van der Waals surface area contributed by atoms with Crippen LogP contribution in [0.1, 0.15) is 13.8 Å². The highest BCUT2D eigenvalue weighted by molar-refractivity contribution is 6.09. The summed E-state index contributed by atoms with van der Waals surface area (Å²) in [6.45, 7) is 5.44. The fourth-order valence-corrected chi connectivity index (χ4v) is 4.07. The van der Waals surface area contributed by atoms with Gasteiger partial charge in [-0.05, 0) is 42.3 Å². The third-order valence-electron chi connectivity index (χ3n) is 5.24. The van der Waals surface area contributed by atoms with Gasteiger partial charge >= 0.3 is 0 Å². The maximum Gasteiger partial charge on any atom is 0.139 e. The Balaban J connectivity index is 1.63. The van der Waals surface area contributed by atoms with Crippen LogP contribution >= 0.6 is 0 Å². The molecule has 3 nitrogen and oxygen atoms in total. The molecule has 0 radical (unpaired) electrons. The Labute approximate surface area is 164 Å². The molecule has 138 valence electrons. The zero-order valence-electron chi connectivity index (χ0n) is 16.2. The number of rotatable bonds is 4. The summed E-state index contributed by atoms with van der Waals surface area (Å²) in [5.74, 6) is 1.62. The predicted molar refractivity (Wildman–Crippen MR) is 117 cm³/mol. The van der Waals surface area contributed by atoms with Crippen LogP contribution in [-0.4, -0.2) is 14.1 Å². The first-order valence-electron chi connectivity index (χ1n) is 9.82. The molecule has 0 saturated carbocycles. The smallest absolute Gasteiger partial charge is 0.139 e. The molecule has 0 aliphatic heterocycles. The highest BCUT2D eigenvalue weighted by Gasteiger charge is 2.12. The molecule has 0 amide bonds. The average molecular weight is 365 g/mol. The minimum Gasteiger partial charge on any atom is -0.331 e. The molecule has 5 rings (SSSR count). The lowest BCUT2D eigenvalue weighted by atomic mass is 10.1. The number of fused-ring (bicyclic) bond motifs is 3. The van der Waals surface area contributed by atoms with Crippen molar-refractivity contribution < 1.29 is 0 Å². The van der Waals surface area contributed by atoms with Crippen LogP contribution in [0.5, 0.6) is 0 Å². The Morgan fingerprint density at radius 1 is 0.786 bits per heavy atom. The molecule has 0 bridgehead atoms. The molecule has 0 spiro atoms. The van der Waals surface area contributed by atoms with Crippen molar-refractivity contribution in [3.8, 4) is 17.1 Å². The normalized spacial score (nSPS) is 11.7. The second-order valence-electron chi connectivity index (χ2n) is 7.71. The Bertz CT molecular complexity index is 1200. The fourth-order valence-electron chi connectivity index (χ4n) is 4.07. The molecule has 0 saturated heterocycles. The van der Waals surface area contributed by atoms with E-state index in [4.69, 9.17) is 0 Å². The summed E-state index contributed by atoms with van der Waals surface area (Å²) < 4.78 is 4.58. The maximum absolute atomic E-state index is 4.59. The van der Waals surface area contributed by atoms with Crippen molar-refractivity contribution in [3.63, 3.8) is 0 Å². The summed E-state index contributed by atoms with van der Waals surface area (Å²) in [7, 11) is 0. The largest absolute Gasteiger partial charge is 0.331 e. The zero-order valence-corrected chi connectivity index (χ0v) is 16.2. The minimum atomic E-state index is 0.588. The van der Waals surface area contributed by atoms with Gasteiger partial charge in [-0.1, -0.05) is 50.2 Å². The lowest BCUT2D eigenvalue weighted by Crippen LogP contribution is -2.05. The average Bonchev–Trinajstić information content (AvgIpc) is 3.30.